The van der Waals surface area contributed by atoms with E-state index in [4.69, 9.17) is 10.5 Å². The zero-order valence-electron chi connectivity index (χ0n) is 11.3. The first kappa shape index (κ1) is 14.5. The Labute approximate surface area is 104 Å². The summed E-state index contributed by atoms with van der Waals surface area (Å²) in [5, 5.41) is 0. The predicted molar refractivity (Wildman–Crippen MR) is 68.6 cm³/mol. The molecule has 0 aromatic carbocycles. The highest BCUT2D eigenvalue weighted by atomic mass is 16.5. The van der Waals surface area contributed by atoms with Gasteiger partial charge in [0.2, 0.25) is 5.91 Å². The zero-order valence-corrected chi connectivity index (χ0v) is 11.3. The first-order valence-corrected chi connectivity index (χ1v) is 6.64. The third-order valence-corrected chi connectivity index (χ3v) is 3.54. The van der Waals surface area contributed by atoms with Gasteiger partial charge in [-0.05, 0) is 24.7 Å². The molecule has 1 aliphatic rings. The van der Waals surface area contributed by atoms with Crippen molar-refractivity contribution >= 4 is 5.91 Å². The second kappa shape index (κ2) is 6.97. The summed E-state index contributed by atoms with van der Waals surface area (Å²) in [6, 6.07) is -0.381. The molecule has 0 saturated heterocycles. The Balaban J connectivity index is 2.15. The minimum atomic E-state index is -0.381. The second-order valence-corrected chi connectivity index (χ2v) is 5.19. The van der Waals surface area contributed by atoms with Crippen LogP contribution in [-0.4, -0.2) is 43.7 Å². The van der Waals surface area contributed by atoms with Gasteiger partial charge < -0.3 is 15.4 Å². The molecule has 1 fully saturated rings. The molecule has 4 heteroatoms. The summed E-state index contributed by atoms with van der Waals surface area (Å²) in [6.45, 7) is 6.16. The van der Waals surface area contributed by atoms with Gasteiger partial charge in [-0.2, -0.15) is 0 Å². The lowest BCUT2D eigenvalue weighted by Gasteiger charge is -2.24. The molecule has 1 amide bonds. The molecule has 0 unspecified atom stereocenters. The van der Waals surface area contributed by atoms with Gasteiger partial charge in [0.1, 0.15) is 0 Å². The molecule has 1 saturated carbocycles. The van der Waals surface area contributed by atoms with Gasteiger partial charge in [-0.1, -0.05) is 20.3 Å². The van der Waals surface area contributed by atoms with Crippen LogP contribution < -0.4 is 5.73 Å². The Morgan fingerprint density at radius 3 is 2.71 bits per heavy atom. The van der Waals surface area contributed by atoms with Crippen molar-refractivity contribution in [1.29, 1.82) is 0 Å². The summed E-state index contributed by atoms with van der Waals surface area (Å²) in [7, 11) is 1.80. The Morgan fingerprint density at radius 1 is 1.53 bits per heavy atom. The van der Waals surface area contributed by atoms with Crippen molar-refractivity contribution in [2.24, 2.45) is 17.6 Å². The Morgan fingerprint density at radius 2 is 2.18 bits per heavy atom. The number of hydrogen-bond donors (Lipinski definition) is 1. The van der Waals surface area contributed by atoms with Gasteiger partial charge in [0, 0.05) is 20.2 Å². The molecule has 100 valence electrons. The second-order valence-electron chi connectivity index (χ2n) is 5.19. The van der Waals surface area contributed by atoms with Crippen LogP contribution in [0.3, 0.4) is 0 Å². The summed E-state index contributed by atoms with van der Waals surface area (Å²) >= 11 is 0. The van der Waals surface area contributed by atoms with E-state index in [9.17, 15) is 4.79 Å². The van der Waals surface area contributed by atoms with Crippen LogP contribution in [0.2, 0.25) is 0 Å². The maximum atomic E-state index is 11.9. The number of hydrogen-bond acceptors (Lipinski definition) is 3. The number of rotatable bonds is 8. The fourth-order valence-electron chi connectivity index (χ4n) is 1.60. The van der Waals surface area contributed by atoms with Crippen LogP contribution in [0.4, 0.5) is 0 Å². The van der Waals surface area contributed by atoms with Crippen molar-refractivity contribution in [3.63, 3.8) is 0 Å². The maximum Gasteiger partial charge on any atom is 0.239 e. The van der Waals surface area contributed by atoms with Crippen LogP contribution in [-0.2, 0) is 9.53 Å². The summed E-state index contributed by atoms with van der Waals surface area (Å²) in [5.41, 5.74) is 5.90. The van der Waals surface area contributed by atoms with Gasteiger partial charge >= 0.3 is 0 Å². The van der Waals surface area contributed by atoms with E-state index in [2.05, 4.69) is 6.92 Å². The molecular formula is C13H26N2O2. The fourth-order valence-corrected chi connectivity index (χ4v) is 1.60. The van der Waals surface area contributed by atoms with Crippen LogP contribution in [0.15, 0.2) is 0 Å². The highest BCUT2D eigenvalue weighted by Gasteiger charge is 2.23. The van der Waals surface area contributed by atoms with Crippen LogP contribution >= 0.6 is 0 Å². The maximum absolute atomic E-state index is 11.9. The van der Waals surface area contributed by atoms with E-state index >= 15 is 0 Å². The van der Waals surface area contributed by atoms with E-state index in [1.807, 2.05) is 6.92 Å². The van der Waals surface area contributed by atoms with Crippen molar-refractivity contribution in [3.8, 4) is 0 Å². The first-order valence-electron chi connectivity index (χ1n) is 6.64. The molecule has 2 N–H and O–H groups in total. The van der Waals surface area contributed by atoms with E-state index in [-0.39, 0.29) is 17.9 Å². The third-order valence-electron chi connectivity index (χ3n) is 3.54. The third kappa shape index (κ3) is 5.04. The molecule has 2 atom stereocenters. The molecule has 1 aliphatic carbocycles. The highest BCUT2D eigenvalue weighted by molar-refractivity contribution is 5.81. The smallest absolute Gasteiger partial charge is 0.239 e. The van der Waals surface area contributed by atoms with E-state index in [1.165, 1.54) is 12.8 Å². The standard InChI is InChI=1S/C13H26N2O2/c1-4-10(2)12(14)13(16)15(3)7-8-17-9-11-5-6-11/h10-12H,4-9,14H2,1-3H3/t10-,12-/m0/s1. The van der Waals surface area contributed by atoms with Crippen molar-refractivity contribution < 1.29 is 9.53 Å². The number of nitrogens with two attached hydrogens (primary N) is 1. The monoisotopic (exact) mass is 242 g/mol. The van der Waals surface area contributed by atoms with Crippen molar-refractivity contribution in [1.82, 2.24) is 4.90 Å². The van der Waals surface area contributed by atoms with Crippen LogP contribution in [0.5, 0.6) is 0 Å². The van der Waals surface area contributed by atoms with Crippen LogP contribution in [0, 0.1) is 11.8 Å². The lowest BCUT2D eigenvalue weighted by atomic mass is 9.99. The molecule has 0 aliphatic heterocycles. The number of likely N-dealkylation sites (N-methyl/N-ethyl adjacent to an activating group) is 1. The highest BCUT2D eigenvalue weighted by Crippen LogP contribution is 2.28. The summed E-state index contributed by atoms with van der Waals surface area (Å²) < 4.78 is 5.51. The lowest BCUT2D eigenvalue weighted by Crippen LogP contribution is -2.46. The van der Waals surface area contributed by atoms with Gasteiger partial charge in [0.25, 0.3) is 0 Å². The Bertz CT molecular complexity index is 242. The van der Waals surface area contributed by atoms with Gasteiger partial charge in [0.05, 0.1) is 12.6 Å². The SMILES string of the molecule is CC[C@H](C)[C@H](N)C(=O)N(C)CCOCC1CC1. The largest absolute Gasteiger partial charge is 0.379 e. The first-order chi connectivity index (χ1) is 8.06. The molecule has 17 heavy (non-hydrogen) atoms. The van der Waals surface area contributed by atoms with Crippen molar-refractivity contribution in [2.75, 3.05) is 26.8 Å². The minimum absolute atomic E-state index is 0.0226. The summed E-state index contributed by atoms with van der Waals surface area (Å²) in [4.78, 5) is 13.6. The van der Waals surface area contributed by atoms with E-state index in [0.29, 0.717) is 13.2 Å². The van der Waals surface area contributed by atoms with E-state index in [1.54, 1.807) is 11.9 Å². The summed E-state index contributed by atoms with van der Waals surface area (Å²) in [5.74, 6) is 1.03. The van der Waals surface area contributed by atoms with E-state index in [0.717, 1.165) is 18.9 Å². The molecular weight excluding hydrogens is 216 g/mol. The van der Waals surface area contributed by atoms with Crippen molar-refractivity contribution in [2.45, 2.75) is 39.2 Å². The predicted octanol–water partition coefficient (Wildman–Crippen LogP) is 1.24. The average Bonchev–Trinajstić information content (AvgIpc) is 3.15. The van der Waals surface area contributed by atoms with E-state index < -0.39 is 0 Å². The number of ether oxygens (including phenoxy) is 1. The number of amides is 1. The van der Waals surface area contributed by atoms with Crippen molar-refractivity contribution in [3.05, 3.63) is 0 Å². The molecule has 0 bridgehead atoms. The normalized spacial score (nSPS) is 18.8. The summed E-state index contributed by atoms with van der Waals surface area (Å²) in [6.07, 6.45) is 3.53. The lowest BCUT2D eigenvalue weighted by molar-refractivity contribution is -0.133. The van der Waals surface area contributed by atoms with Gasteiger partial charge in [-0.3, -0.25) is 4.79 Å². The fraction of sp³-hybridized carbons (Fsp3) is 0.923. The molecule has 1 rings (SSSR count). The minimum Gasteiger partial charge on any atom is -0.379 e. The topological polar surface area (TPSA) is 55.6 Å². The molecule has 4 nitrogen and oxygen atoms in total. The molecule has 0 aromatic rings. The average molecular weight is 242 g/mol. The number of carbonyl (C=O) groups is 1. The number of carbonyl (C=O) groups excluding carboxylic acids is 1. The van der Waals surface area contributed by atoms with Gasteiger partial charge in [-0.15, -0.1) is 0 Å². The Hall–Kier alpha value is -0.610. The van der Waals surface area contributed by atoms with Gasteiger partial charge in [-0.25, -0.2) is 0 Å². The molecule has 0 radical (unpaired) electrons. The van der Waals surface area contributed by atoms with Crippen LogP contribution in [0.25, 0.3) is 0 Å². The Kier molecular flexibility index (Phi) is 5.92. The zero-order chi connectivity index (χ0) is 12.8. The molecule has 0 heterocycles. The van der Waals surface area contributed by atoms with Gasteiger partial charge in [0.15, 0.2) is 0 Å². The molecule has 0 aromatic heterocycles. The molecule has 0 spiro atoms. The van der Waals surface area contributed by atoms with Crippen LogP contribution in [0.1, 0.15) is 33.1 Å². The quantitative estimate of drug-likeness (QED) is 0.652. The number of nitrogens with zero attached hydrogens (tertiary/aromatic N) is 1.